The Morgan fingerprint density at radius 2 is 1.71 bits per heavy atom. The van der Waals surface area contributed by atoms with Gasteiger partial charge in [0.2, 0.25) is 0 Å². The molecule has 2 aromatic carbocycles. The number of carbonyl (C=O) groups is 1. The standard InChI is InChI=1S/C15H14INO3S/c1-2-21(19,20)12-9-7-11(8-10-12)17-15(18)13-5-3-4-6-14(13)16/h3-10H,2H2,1H3,(H,17,18). The van der Waals surface area contributed by atoms with Gasteiger partial charge in [0.05, 0.1) is 16.2 Å². The van der Waals surface area contributed by atoms with Gasteiger partial charge in [0.15, 0.2) is 9.84 Å². The Bertz CT molecular complexity index is 755. The van der Waals surface area contributed by atoms with Crippen LogP contribution in [-0.4, -0.2) is 20.1 Å². The van der Waals surface area contributed by atoms with E-state index >= 15 is 0 Å². The fourth-order valence-electron chi connectivity index (χ4n) is 1.76. The van der Waals surface area contributed by atoms with Crippen LogP contribution in [0.3, 0.4) is 0 Å². The first kappa shape index (κ1) is 16.0. The third-order valence-corrected chi connectivity index (χ3v) is 5.66. The van der Waals surface area contributed by atoms with Crippen LogP contribution in [0.25, 0.3) is 0 Å². The van der Waals surface area contributed by atoms with Crippen LogP contribution in [0.4, 0.5) is 5.69 Å². The fourth-order valence-corrected chi connectivity index (χ4v) is 3.27. The Hall–Kier alpha value is -1.41. The summed E-state index contributed by atoms with van der Waals surface area (Å²) < 4.78 is 24.3. The van der Waals surface area contributed by atoms with Crippen molar-refractivity contribution in [3.63, 3.8) is 0 Å². The summed E-state index contributed by atoms with van der Waals surface area (Å²) in [5.41, 5.74) is 1.15. The third-order valence-electron chi connectivity index (χ3n) is 2.97. The number of nitrogens with one attached hydrogen (secondary N) is 1. The Labute approximate surface area is 137 Å². The minimum atomic E-state index is -3.22. The van der Waals surface area contributed by atoms with E-state index < -0.39 is 9.84 Å². The lowest BCUT2D eigenvalue weighted by Gasteiger charge is -2.08. The maximum absolute atomic E-state index is 12.1. The first-order valence-electron chi connectivity index (χ1n) is 6.33. The highest BCUT2D eigenvalue weighted by atomic mass is 127. The zero-order chi connectivity index (χ0) is 15.5. The van der Waals surface area contributed by atoms with Gasteiger partial charge in [-0.3, -0.25) is 4.79 Å². The molecule has 0 radical (unpaired) electrons. The van der Waals surface area contributed by atoms with Crippen LogP contribution in [-0.2, 0) is 9.84 Å². The molecule has 0 unspecified atom stereocenters. The minimum Gasteiger partial charge on any atom is -0.322 e. The van der Waals surface area contributed by atoms with Crippen LogP contribution < -0.4 is 5.32 Å². The van der Waals surface area contributed by atoms with Gasteiger partial charge in [0.25, 0.3) is 5.91 Å². The molecule has 2 aromatic rings. The molecule has 0 aromatic heterocycles. The van der Waals surface area contributed by atoms with E-state index in [4.69, 9.17) is 0 Å². The largest absolute Gasteiger partial charge is 0.322 e. The van der Waals surface area contributed by atoms with E-state index in [0.29, 0.717) is 11.3 Å². The van der Waals surface area contributed by atoms with E-state index in [0.717, 1.165) is 3.57 Å². The Balaban J connectivity index is 2.18. The highest BCUT2D eigenvalue weighted by Crippen LogP contribution is 2.17. The lowest BCUT2D eigenvalue weighted by Crippen LogP contribution is -2.13. The molecule has 0 saturated heterocycles. The minimum absolute atomic E-state index is 0.0565. The summed E-state index contributed by atoms with van der Waals surface area (Å²) in [5.74, 6) is -0.160. The number of hydrogen-bond acceptors (Lipinski definition) is 3. The van der Waals surface area contributed by atoms with Gasteiger partial charge < -0.3 is 5.32 Å². The van der Waals surface area contributed by atoms with Crippen molar-refractivity contribution >= 4 is 44.0 Å². The molecule has 0 spiro atoms. The van der Waals surface area contributed by atoms with E-state index in [1.807, 2.05) is 12.1 Å². The molecular weight excluding hydrogens is 401 g/mol. The first-order valence-corrected chi connectivity index (χ1v) is 9.06. The lowest BCUT2D eigenvalue weighted by atomic mass is 10.2. The second-order valence-corrected chi connectivity index (χ2v) is 7.80. The van der Waals surface area contributed by atoms with Gasteiger partial charge in [-0.15, -0.1) is 0 Å². The third kappa shape index (κ3) is 3.82. The number of rotatable bonds is 4. The van der Waals surface area contributed by atoms with Crippen LogP contribution in [0.15, 0.2) is 53.4 Å². The van der Waals surface area contributed by atoms with Gasteiger partial charge in [-0.2, -0.15) is 0 Å². The van der Waals surface area contributed by atoms with Gasteiger partial charge in [-0.25, -0.2) is 8.42 Å². The van der Waals surface area contributed by atoms with Crippen molar-refractivity contribution < 1.29 is 13.2 Å². The average molecular weight is 415 g/mol. The second-order valence-electron chi connectivity index (χ2n) is 4.36. The molecule has 0 saturated carbocycles. The topological polar surface area (TPSA) is 63.2 Å². The number of hydrogen-bond donors (Lipinski definition) is 1. The second kappa shape index (κ2) is 6.57. The van der Waals surface area contributed by atoms with Gasteiger partial charge in [-0.05, 0) is 59.0 Å². The molecular formula is C15H14INO3S. The maximum Gasteiger partial charge on any atom is 0.256 e. The quantitative estimate of drug-likeness (QED) is 0.780. The smallest absolute Gasteiger partial charge is 0.256 e. The summed E-state index contributed by atoms with van der Waals surface area (Å²) in [6.45, 7) is 1.60. The molecule has 110 valence electrons. The fraction of sp³-hybridized carbons (Fsp3) is 0.133. The zero-order valence-electron chi connectivity index (χ0n) is 11.3. The van der Waals surface area contributed by atoms with E-state index in [1.54, 1.807) is 31.2 Å². The number of halogens is 1. The molecule has 0 bridgehead atoms. The molecule has 0 atom stereocenters. The van der Waals surface area contributed by atoms with Crippen molar-refractivity contribution in [1.29, 1.82) is 0 Å². The summed E-state index contributed by atoms with van der Waals surface area (Å²) in [6.07, 6.45) is 0. The zero-order valence-corrected chi connectivity index (χ0v) is 14.3. The van der Waals surface area contributed by atoms with Gasteiger partial charge in [0.1, 0.15) is 0 Å². The van der Waals surface area contributed by atoms with Gasteiger partial charge >= 0.3 is 0 Å². The highest BCUT2D eigenvalue weighted by molar-refractivity contribution is 14.1. The molecule has 0 heterocycles. The van der Waals surface area contributed by atoms with Gasteiger partial charge in [-0.1, -0.05) is 19.1 Å². The van der Waals surface area contributed by atoms with Crippen molar-refractivity contribution in [2.24, 2.45) is 0 Å². The van der Waals surface area contributed by atoms with Crippen LogP contribution in [0, 0.1) is 3.57 Å². The van der Waals surface area contributed by atoms with Crippen molar-refractivity contribution in [2.45, 2.75) is 11.8 Å². The van der Waals surface area contributed by atoms with Crippen molar-refractivity contribution in [3.8, 4) is 0 Å². The summed E-state index contributed by atoms with van der Waals surface area (Å²) in [7, 11) is -3.22. The van der Waals surface area contributed by atoms with Crippen LogP contribution in [0.2, 0.25) is 0 Å². The van der Waals surface area contributed by atoms with Crippen molar-refractivity contribution in [3.05, 3.63) is 57.7 Å². The molecule has 4 nitrogen and oxygen atoms in total. The summed E-state index contributed by atoms with van der Waals surface area (Å²) in [6, 6.07) is 13.5. The number of carbonyl (C=O) groups excluding carboxylic acids is 1. The van der Waals surface area contributed by atoms with Gasteiger partial charge in [0, 0.05) is 9.26 Å². The predicted molar refractivity (Wildman–Crippen MR) is 91.3 cm³/mol. The number of benzene rings is 2. The van der Waals surface area contributed by atoms with Crippen LogP contribution >= 0.6 is 22.6 Å². The molecule has 2 rings (SSSR count). The highest BCUT2D eigenvalue weighted by Gasteiger charge is 2.12. The monoisotopic (exact) mass is 415 g/mol. The molecule has 1 amide bonds. The lowest BCUT2D eigenvalue weighted by molar-refractivity contribution is 0.102. The number of amides is 1. The van der Waals surface area contributed by atoms with Crippen LogP contribution in [0.5, 0.6) is 0 Å². The average Bonchev–Trinajstić information content (AvgIpc) is 2.48. The maximum atomic E-state index is 12.1. The molecule has 1 N–H and O–H groups in total. The molecule has 0 aliphatic carbocycles. The van der Waals surface area contributed by atoms with E-state index in [2.05, 4.69) is 27.9 Å². The first-order chi connectivity index (χ1) is 9.94. The molecule has 0 fully saturated rings. The summed E-state index contributed by atoms with van der Waals surface area (Å²) in [4.78, 5) is 12.4. The Morgan fingerprint density at radius 3 is 2.29 bits per heavy atom. The SMILES string of the molecule is CCS(=O)(=O)c1ccc(NC(=O)c2ccccc2I)cc1. The molecule has 6 heteroatoms. The van der Waals surface area contributed by atoms with E-state index in [-0.39, 0.29) is 16.6 Å². The van der Waals surface area contributed by atoms with Crippen molar-refractivity contribution in [1.82, 2.24) is 0 Å². The van der Waals surface area contributed by atoms with E-state index in [1.165, 1.54) is 12.1 Å². The molecule has 0 aliphatic heterocycles. The number of anilines is 1. The number of sulfone groups is 1. The molecule has 0 aliphatic rings. The molecule has 21 heavy (non-hydrogen) atoms. The predicted octanol–water partition coefficient (Wildman–Crippen LogP) is 3.34. The summed E-state index contributed by atoms with van der Waals surface area (Å²) in [5, 5.41) is 2.76. The Kier molecular flexibility index (Phi) is 5.00. The Morgan fingerprint density at radius 1 is 1.10 bits per heavy atom. The summed E-state index contributed by atoms with van der Waals surface area (Å²) >= 11 is 2.10. The van der Waals surface area contributed by atoms with Crippen molar-refractivity contribution in [2.75, 3.05) is 11.1 Å². The van der Waals surface area contributed by atoms with Crippen LogP contribution in [0.1, 0.15) is 17.3 Å². The van der Waals surface area contributed by atoms with E-state index in [9.17, 15) is 13.2 Å². The normalized spacial score (nSPS) is 11.1.